The molecule has 0 saturated heterocycles. The standard InChI is InChI=1S/C18H14BrClN4O4/c1-10-5-11(20)3-4-16(10)28-14-7-12(6-13(8-14)24(26)27)22-18(25)17-15(19)9-21-23(17)2/h3-9H,1-2H3,(H,22,25). The van der Waals surface area contributed by atoms with Gasteiger partial charge in [0.1, 0.15) is 17.2 Å². The Labute approximate surface area is 173 Å². The van der Waals surface area contributed by atoms with Gasteiger partial charge in [-0.15, -0.1) is 0 Å². The highest BCUT2D eigenvalue weighted by Crippen LogP contribution is 2.32. The van der Waals surface area contributed by atoms with Crippen LogP contribution in [0.4, 0.5) is 11.4 Å². The number of carbonyl (C=O) groups excluding carboxylic acids is 1. The molecular weight excluding hydrogens is 452 g/mol. The lowest BCUT2D eigenvalue weighted by atomic mass is 10.2. The molecule has 2 aromatic carbocycles. The van der Waals surface area contributed by atoms with Crippen LogP contribution in [0.3, 0.4) is 0 Å². The molecule has 0 saturated carbocycles. The number of carbonyl (C=O) groups is 1. The molecule has 10 heteroatoms. The van der Waals surface area contributed by atoms with Crippen molar-refractivity contribution in [3.05, 3.63) is 73.5 Å². The van der Waals surface area contributed by atoms with E-state index in [2.05, 4.69) is 26.3 Å². The number of nitrogens with zero attached hydrogens (tertiary/aromatic N) is 3. The zero-order valence-corrected chi connectivity index (χ0v) is 17.1. The van der Waals surface area contributed by atoms with Crippen molar-refractivity contribution in [1.29, 1.82) is 0 Å². The minimum atomic E-state index is -0.558. The van der Waals surface area contributed by atoms with Gasteiger partial charge in [-0.2, -0.15) is 5.10 Å². The zero-order chi connectivity index (χ0) is 20.4. The number of rotatable bonds is 5. The fourth-order valence-corrected chi connectivity index (χ4v) is 3.29. The number of nitro groups is 1. The second-order valence-electron chi connectivity index (χ2n) is 5.90. The first-order valence-corrected chi connectivity index (χ1v) is 9.14. The van der Waals surface area contributed by atoms with Gasteiger partial charge in [-0.3, -0.25) is 19.6 Å². The van der Waals surface area contributed by atoms with Crippen LogP contribution in [0.15, 0.2) is 47.1 Å². The second-order valence-corrected chi connectivity index (χ2v) is 7.19. The van der Waals surface area contributed by atoms with Crippen molar-refractivity contribution in [2.24, 2.45) is 7.05 Å². The Kier molecular flexibility index (Phi) is 5.66. The summed E-state index contributed by atoms with van der Waals surface area (Å²) in [7, 11) is 1.62. The smallest absolute Gasteiger partial charge is 0.275 e. The largest absolute Gasteiger partial charge is 0.457 e. The molecular formula is C18H14BrClN4O4. The molecule has 0 unspecified atom stereocenters. The summed E-state index contributed by atoms with van der Waals surface area (Å²) in [6.07, 6.45) is 1.49. The monoisotopic (exact) mass is 464 g/mol. The summed E-state index contributed by atoms with van der Waals surface area (Å²) in [5.41, 5.74) is 1.04. The Morgan fingerprint density at radius 2 is 2.07 bits per heavy atom. The van der Waals surface area contributed by atoms with Gasteiger partial charge < -0.3 is 10.1 Å². The van der Waals surface area contributed by atoms with Crippen LogP contribution in [0.25, 0.3) is 0 Å². The van der Waals surface area contributed by atoms with Crippen LogP contribution in [0.5, 0.6) is 11.5 Å². The lowest BCUT2D eigenvalue weighted by Gasteiger charge is -2.11. The van der Waals surface area contributed by atoms with Crippen LogP contribution in [0, 0.1) is 17.0 Å². The van der Waals surface area contributed by atoms with Crippen LogP contribution >= 0.6 is 27.5 Å². The number of anilines is 1. The number of aryl methyl sites for hydroxylation is 2. The molecule has 3 aromatic rings. The van der Waals surface area contributed by atoms with E-state index in [9.17, 15) is 14.9 Å². The van der Waals surface area contributed by atoms with E-state index in [0.29, 0.717) is 15.2 Å². The molecule has 0 aliphatic carbocycles. The minimum absolute atomic E-state index is 0.207. The maximum atomic E-state index is 12.5. The van der Waals surface area contributed by atoms with Gasteiger partial charge in [-0.25, -0.2) is 0 Å². The molecule has 0 atom stereocenters. The van der Waals surface area contributed by atoms with E-state index in [1.165, 1.54) is 29.1 Å². The number of hydrogen-bond acceptors (Lipinski definition) is 5. The Morgan fingerprint density at radius 1 is 1.32 bits per heavy atom. The lowest BCUT2D eigenvalue weighted by molar-refractivity contribution is -0.384. The van der Waals surface area contributed by atoms with E-state index in [1.807, 2.05) is 0 Å². The van der Waals surface area contributed by atoms with E-state index in [0.717, 1.165) is 5.56 Å². The van der Waals surface area contributed by atoms with Gasteiger partial charge in [0, 0.05) is 24.2 Å². The topological polar surface area (TPSA) is 99.3 Å². The van der Waals surface area contributed by atoms with Gasteiger partial charge in [0.05, 0.1) is 27.3 Å². The number of hydrogen-bond donors (Lipinski definition) is 1. The first kappa shape index (κ1) is 19.8. The van der Waals surface area contributed by atoms with Gasteiger partial charge in [-0.1, -0.05) is 11.6 Å². The predicted molar refractivity (Wildman–Crippen MR) is 108 cm³/mol. The normalized spacial score (nSPS) is 10.6. The number of non-ortho nitro benzene ring substituents is 1. The number of ether oxygens (including phenoxy) is 1. The molecule has 1 aromatic heterocycles. The first-order chi connectivity index (χ1) is 13.2. The molecule has 144 valence electrons. The fourth-order valence-electron chi connectivity index (χ4n) is 2.53. The molecule has 0 aliphatic heterocycles. The molecule has 8 nitrogen and oxygen atoms in total. The number of nitro benzene ring substituents is 1. The lowest BCUT2D eigenvalue weighted by Crippen LogP contribution is -2.16. The quantitative estimate of drug-likeness (QED) is 0.417. The third kappa shape index (κ3) is 4.32. The summed E-state index contributed by atoms with van der Waals surface area (Å²) in [4.78, 5) is 23.3. The van der Waals surface area contributed by atoms with E-state index >= 15 is 0 Å². The molecule has 0 radical (unpaired) electrons. The van der Waals surface area contributed by atoms with Gasteiger partial charge in [0.2, 0.25) is 0 Å². The van der Waals surface area contributed by atoms with Gasteiger partial charge >= 0.3 is 0 Å². The second kappa shape index (κ2) is 7.99. The molecule has 0 aliphatic rings. The predicted octanol–water partition coefficient (Wildman–Crippen LogP) is 5.10. The number of halogens is 2. The van der Waals surface area contributed by atoms with Crippen LogP contribution < -0.4 is 10.1 Å². The summed E-state index contributed by atoms with van der Waals surface area (Å²) < 4.78 is 7.67. The average molecular weight is 466 g/mol. The number of amides is 1. The van der Waals surface area contributed by atoms with Crippen LogP contribution in [0.2, 0.25) is 5.02 Å². The Bertz CT molecular complexity index is 1060. The summed E-state index contributed by atoms with van der Waals surface area (Å²) in [6, 6.07) is 9.08. The summed E-state index contributed by atoms with van der Waals surface area (Å²) in [6.45, 7) is 1.81. The maximum absolute atomic E-state index is 12.5. The molecule has 0 spiro atoms. The first-order valence-electron chi connectivity index (χ1n) is 7.97. The molecule has 0 bridgehead atoms. The van der Waals surface area contributed by atoms with Crippen molar-refractivity contribution in [2.45, 2.75) is 6.92 Å². The van der Waals surface area contributed by atoms with Crippen LogP contribution in [-0.2, 0) is 7.05 Å². The molecule has 28 heavy (non-hydrogen) atoms. The van der Waals surface area contributed by atoms with Crippen molar-refractivity contribution in [3.8, 4) is 11.5 Å². The van der Waals surface area contributed by atoms with Crippen molar-refractivity contribution >= 4 is 44.8 Å². The fraction of sp³-hybridized carbons (Fsp3) is 0.111. The Balaban J connectivity index is 1.93. The third-order valence-corrected chi connectivity index (χ3v) is 4.65. The highest BCUT2D eigenvalue weighted by molar-refractivity contribution is 9.10. The number of aromatic nitrogens is 2. The van der Waals surface area contributed by atoms with Crippen molar-refractivity contribution in [3.63, 3.8) is 0 Å². The Hall–Kier alpha value is -2.91. The number of nitrogens with one attached hydrogen (secondary N) is 1. The van der Waals surface area contributed by atoms with Crippen molar-refractivity contribution < 1.29 is 14.5 Å². The average Bonchev–Trinajstić information content (AvgIpc) is 2.95. The summed E-state index contributed by atoms with van der Waals surface area (Å²) in [5, 5.41) is 18.5. The van der Waals surface area contributed by atoms with Gasteiger partial charge in [0.25, 0.3) is 11.6 Å². The minimum Gasteiger partial charge on any atom is -0.457 e. The van der Waals surface area contributed by atoms with Crippen LogP contribution in [0.1, 0.15) is 16.1 Å². The van der Waals surface area contributed by atoms with E-state index in [-0.39, 0.29) is 22.8 Å². The van der Waals surface area contributed by atoms with Gasteiger partial charge in [0.15, 0.2) is 0 Å². The molecule has 1 amide bonds. The molecule has 1 N–H and O–H groups in total. The van der Waals surface area contributed by atoms with E-state index in [1.54, 1.807) is 32.2 Å². The van der Waals surface area contributed by atoms with Crippen molar-refractivity contribution in [2.75, 3.05) is 5.32 Å². The number of benzene rings is 2. The van der Waals surface area contributed by atoms with E-state index < -0.39 is 10.8 Å². The molecule has 0 fully saturated rings. The van der Waals surface area contributed by atoms with Crippen molar-refractivity contribution in [1.82, 2.24) is 9.78 Å². The highest BCUT2D eigenvalue weighted by Gasteiger charge is 2.18. The van der Waals surface area contributed by atoms with Gasteiger partial charge in [-0.05, 0) is 46.6 Å². The SMILES string of the molecule is Cc1cc(Cl)ccc1Oc1cc(NC(=O)c2c(Br)cnn2C)cc([N+](=O)[O-])c1. The maximum Gasteiger partial charge on any atom is 0.275 e. The van der Waals surface area contributed by atoms with Crippen LogP contribution in [-0.4, -0.2) is 20.6 Å². The molecule has 1 heterocycles. The highest BCUT2D eigenvalue weighted by atomic mass is 79.9. The third-order valence-electron chi connectivity index (χ3n) is 3.83. The Morgan fingerprint density at radius 3 is 2.68 bits per heavy atom. The summed E-state index contributed by atoms with van der Waals surface area (Å²) >= 11 is 9.19. The van der Waals surface area contributed by atoms with E-state index in [4.69, 9.17) is 16.3 Å². The molecule has 3 rings (SSSR count). The summed E-state index contributed by atoms with van der Waals surface area (Å²) in [5.74, 6) is 0.233. The zero-order valence-electron chi connectivity index (χ0n) is 14.8.